The zero-order valence-electron chi connectivity index (χ0n) is 11.6. The van der Waals surface area contributed by atoms with E-state index in [4.69, 9.17) is 10.6 Å². The van der Waals surface area contributed by atoms with Gasteiger partial charge in [0.05, 0.1) is 13.2 Å². The minimum Gasteiger partial charge on any atom is -0.383 e. The molecule has 5 heteroatoms. The number of hydrazine groups is 1. The molecule has 0 fully saturated rings. The highest BCUT2D eigenvalue weighted by atomic mass is 16.5. The second kappa shape index (κ2) is 6.54. The van der Waals surface area contributed by atoms with Gasteiger partial charge in [-0.2, -0.15) is 0 Å². The fraction of sp³-hybridized carbons (Fsp3) is 0.500. The van der Waals surface area contributed by atoms with Crippen LogP contribution in [-0.4, -0.2) is 32.8 Å². The summed E-state index contributed by atoms with van der Waals surface area (Å²) in [4.78, 5) is 6.61. The maximum atomic E-state index is 5.61. The zero-order chi connectivity index (χ0) is 13.7. The van der Waals surface area contributed by atoms with Crippen LogP contribution in [-0.2, 0) is 11.2 Å². The van der Waals surface area contributed by atoms with Gasteiger partial charge in [0.25, 0.3) is 0 Å². The molecule has 19 heavy (non-hydrogen) atoms. The number of rotatable bonds is 3. The van der Waals surface area contributed by atoms with Crippen molar-refractivity contribution in [1.82, 2.24) is 5.43 Å². The van der Waals surface area contributed by atoms with Gasteiger partial charge in [0, 0.05) is 19.3 Å². The number of aliphatic imine (C=N–C) groups is 1. The molecule has 0 bridgehead atoms. The van der Waals surface area contributed by atoms with Crippen LogP contribution in [0.3, 0.4) is 0 Å². The van der Waals surface area contributed by atoms with E-state index in [1.807, 2.05) is 0 Å². The van der Waals surface area contributed by atoms with Gasteiger partial charge in [-0.1, -0.05) is 17.7 Å². The number of anilines is 1. The second-order valence-corrected chi connectivity index (χ2v) is 4.73. The van der Waals surface area contributed by atoms with Crippen LogP contribution in [0.25, 0.3) is 0 Å². The van der Waals surface area contributed by atoms with E-state index < -0.39 is 0 Å². The Kier molecular flexibility index (Phi) is 4.76. The van der Waals surface area contributed by atoms with E-state index >= 15 is 0 Å². The van der Waals surface area contributed by atoms with Crippen molar-refractivity contribution in [3.63, 3.8) is 0 Å². The molecule has 0 aromatic heterocycles. The summed E-state index contributed by atoms with van der Waals surface area (Å²) < 4.78 is 5.02. The molecule has 3 N–H and O–H groups in total. The number of benzene rings is 1. The number of guanidine groups is 1. The average molecular weight is 262 g/mol. The summed E-state index contributed by atoms with van der Waals surface area (Å²) in [5.74, 6) is 6.32. The molecule has 2 rings (SSSR count). The maximum absolute atomic E-state index is 5.61. The summed E-state index contributed by atoms with van der Waals surface area (Å²) in [5.41, 5.74) is 6.56. The molecule has 0 saturated carbocycles. The molecule has 0 saturated heterocycles. The van der Waals surface area contributed by atoms with E-state index in [-0.39, 0.29) is 0 Å². The van der Waals surface area contributed by atoms with Crippen LogP contribution >= 0.6 is 0 Å². The minimum absolute atomic E-state index is 0.597. The number of hydrogen-bond acceptors (Lipinski definition) is 3. The zero-order valence-corrected chi connectivity index (χ0v) is 11.6. The van der Waals surface area contributed by atoms with Gasteiger partial charge in [-0.25, -0.2) is 10.8 Å². The van der Waals surface area contributed by atoms with Crippen LogP contribution in [0.2, 0.25) is 0 Å². The van der Waals surface area contributed by atoms with E-state index in [2.05, 4.69) is 40.4 Å². The van der Waals surface area contributed by atoms with Crippen molar-refractivity contribution < 1.29 is 4.74 Å². The molecule has 0 aliphatic carbocycles. The van der Waals surface area contributed by atoms with Crippen molar-refractivity contribution >= 4 is 11.6 Å². The van der Waals surface area contributed by atoms with Gasteiger partial charge in [-0.05, 0) is 31.4 Å². The van der Waals surface area contributed by atoms with Gasteiger partial charge in [-0.3, -0.25) is 5.43 Å². The third-order valence-corrected chi connectivity index (χ3v) is 3.30. The molecule has 0 atom stereocenters. The molecular formula is C14H22N4O. The van der Waals surface area contributed by atoms with Gasteiger partial charge in [0.1, 0.15) is 0 Å². The van der Waals surface area contributed by atoms with E-state index in [0.29, 0.717) is 19.1 Å². The Labute approximate surface area is 114 Å². The van der Waals surface area contributed by atoms with Gasteiger partial charge in [0.2, 0.25) is 5.96 Å². The van der Waals surface area contributed by atoms with Crippen molar-refractivity contribution in [2.24, 2.45) is 10.8 Å². The number of nitrogens with zero attached hydrogens (tertiary/aromatic N) is 2. The van der Waals surface area contributed by atoms with Crippen LogP contribution in [0, 0.1) is 6.92 Å². The third-order valence-electron chi connectivity index (χ3n) is 3.30. The Morgan fingerprint density at radius 2 is 2.37 bits per heavy atom. The summed E-state index contributed by atoms with van der Waals surface area (Å²) in [7, 11) is 1.67. The standard InChI is InChI=1S/C14H22N4O/c1-11-5-6-13-12(10-11)4-3-8-18(13)14(17-15)16-7-9-19-2/h5-6,10H,3-4,7-9,15H2,1-2H3,(H,16,17). The first-order valence-electron chi connectivity index (χ1n) is 6.63. The molecule has 1 aliphatic heterocycles. The number of nitrogens with one attached hydrogen (secondary N) is 1. The molecule has 1 aromatic rings. The van der Waals surface area contributed by atoms with Crippen molar-refractivity contribution in [2.45, 2.75) is 19.8 Å². The quantitative estimate of drug-likeness (QED) is 0.283. The second-order valence-electron chi connectivity index (χ2n) is 4.73. The van der Waals surface area contributed by atoms with Crippen molar-refractivity contribution in [3.8, 4) is 0 Å². The molecule has 1 heterocycles. The Morgan fingerprint density at radius 3 is 3.11 bits per heavy atom. The molecule has 1 aromatic carbocycles. The largest absolute Gasteiger partial charge is 0.383 e. The summed E-state index contributed by atoms with van der Waals surface area (Å²) in [6, 6.07) is 6.51. The highest BCUT2D eigenvalue weighted by Gasteiger charge is 2.20. The van der Waals surface area contributed by atoms with Gasteiger partial charge >= 0.3 is 0 Å². The van der Waals surface area contributed by atoms with Crippen LogP contribution in [0.5, 0.6) is 0 Å². The maximum Gasteiger partial charge on any atom is 0.213 e. The monoisotopic (exact) mass is 262 g/mol. The van der Waals surface area contributed by atoms with E-state index in [1.165, 1.54) is 16.8 Å². The lowest BCUT2D eigenvalue weighted by atomic mass is 10.00. The first-order chi connectivity index (χ1) is 9.26. The van der Waals surface area contributed by atoms with Crippen molar-refractivity contribution in [3.05, 3.63) is 29.3 Å². The Hall–Kier alpha value is -1.59. The van der Waals surface area contributed by atoms with Gasteiger partial charge < -0.3 is 9.64 Å². The van der Waals surface area contributed by atoms with Crippen LogP contribution in [0.15, 0.2) is 23.2 Å². The number of fused-ring (bicyclic) bond motifs is 1. The predicted molar refractivity (Wildman–Crippen MR) is 78.3 cm³/mol. The van der Waals surface area contributed by atoms with Crippen LogP contribution in [0.1, 0.15) is 17.5 Å². The summed E-state index contributed by atoms with van der Waals surface area (Å²) in [6.45, 7) is 4.26. The third kappa shape index (κ3) is 3.24. The van der Waals surface area contributed by atoms with Crippen LogP contribution in [0.4, 0.5) is 5.69 Å². The van der Waals surface area contributed by atoms with Crippen LogP contribution < -0.4 is 16.2 Å². The van der Waals surface area contributed by atoms with E-state index in [9.17, 15) is 0 Å². The Balaban J connectivity index is 2.23. The van der Waals surface area contributed by atoms with Crippen molar-refractivity contribution in [1.29, 1.82) is 0 Å². The van der Waals surface area contributed by atoms with E-state index in [1.54, 1.807) is 7.11 Å². The average Bonchev–Trinajstić information content (AvgIpc) is 2.43. The number of aryl methyl sites for hydroxylation is 2. The van der Waals surface area contributed by atoms with E-state index in [0.717, 1.165) is 19.4 Å². The fourth-order valence-corrected chi connectivity index (χ4v) is 2.40. The molecular weight excluding hydrogens is 240 g/mol. The topological polar surface area (TPSA) is 62.9 Å². The fourth-order valence-electron chi connectivity index (χ4n) is 2.40. The van der Waals surface area contributed by atoms with Gasteiger partial charge in [-0.15, -0.1) is 0 Å². The van der Waals surface area contributed by atoms with Crippen molar-refractivity contribution in [2.75, 3.05) is 31.7 Å². The lowest BCUT2D eigenvalue weighted by molar-refractivity contribution is 0.208. The lowest BCUT2D eigenvalue weighted by Gasteiger charge is -2.31. The summed E-state index contributed by atoms with van der Waals surface area (Å²) in [6.07, 6.45) is 2.23. The molecule has 0 amide bonds. The highest BCUT2D eigenvalue weighted by Crippen LogP contribution is 2.27. The molecule has 0 unspecified atom stereocenters. The lowest BCUT2D eigenvalue weighted by Crippen LogP contribution is -2.47. The number of ether oxygens (including phenoxy) is 1. The normalized spacial score (nSPS) is 15.3. The molecule has 104 valence electrons. The first-order valence-corrected chi connectivity index (χ1v) is 6.63. The minimum atomic E-state index is 0.597. The number of nitrogens with two attached hydrogens (primary N) is 1. The SMILES string of the molecule is COCCN=C(NN)N1CCCc2cc(C)ccc21. The Morgan fingerprint density at radius 1 is 1.53 bits per heavy atom. The first kappa shape index (κ1) is 13.8. The number of hydrogen-bond donors (Lipinski definition) is 2. The highest BCUT2D eigenvalue weighted by molar-refractivity contribution is 5.96. The molecule has 0 spiro atoms. The smallest absolute Gasteiger partial charge is 0.213 e. The number of methoxy groups -OCH3 is 1. The predicted octanol–water partition coefficient (Wildman–Crippen LogP) is 1.21. The molecule has 0 radical (unpaired) electrons. The van der Waals surface area contributed by atoms with Gasteiger partial charge in [0.15, 0.2) is 0 Å². The Bertz CT molecular complexity index is 459. The summed E-state index contributed by atoms with van der Waals surface area (Å²) >= 11 is 0. The molecule has 1 aliphatic rings. The molecule has 5 nitrogen and oxygen atoms in total. The summed E-state index contributed by atoms with van der Waals surface area (Å²) in [5, 5.41) is 0.